The highest BCUT2D eigenvalue weighted by Gasteiger charge is 2.28. The van der Waals surface area contributed by atoms with Crippen LogP contribution in [0.1, 0.15) is 38.4 Å². The number of hydrogen-bond acceptors (Lipinski definition) is 1. The predicted octanol–water partition coefficient (Wildman–Crippen LogP) is 4.55. The van der Waals surface area contributed by atoms with Crippen molar-refractivity contribution in [1.29, 1.82) is 0 Å². The van der Waals surface area contributed by atoms with Gasteiger partial charge in [-0.1, -0.05) is 28.1 Å². The highest BCUT2D eigenvalue weighted by atomic mass is 79.9. The zero-order valence-electron chi connectivity index (χ0n) is 11.5. The molecule has 1 heterocycles. The summed E-state index contributed by atoms with van der Waals surface area (Å²) in [5.74, 6) is 2.20. The zero-order chi connectivity index (χ0) is 13.2. The second-order valence-electron chi connectivity index (χ2n) is 5.51. The topological polar surface area (TPSA) is 17.8 Å². The molecule has 0 saturated heterocycles. The lowest BCUT2D eigenvalue weighted by molar-refractivity contribution is 0.620. The van der Waals surface area contributed by atoms with Crippen LogP contribution in [0.25, 0.3) is 11.0 Å². The van der Waals surface area contributed by atoms with E-state index in [9.17, 15) is 0 Å². The largest absolute Gasteiger partial charge is 0.328 e. The van der Waals surface area contributed by atoms with Crippen molar-refractivity contribution in [2.24, 2.45) is 5.92 Å². The molecule has 3 rings (SSSR count). The molecule has 1 aliphatic rings. The Labute approximate surface area is 123 Å². The maximum atomic E-state index is 4.79. The minimum absolute atomic E-state index is 0.729. The first-order valence-corrected chi connectivity index (χ1v) is 8.29. The Hall–Kier alpha value is -0.830. The molecule has 0 bridgehead atoms. The third kappa shape index (κ3) is 2.86. The van der Waals surface area contributed by atoms with Gasteiger partial charge < -0.3 is 4.57 Å². The average Bonchev–Trinajstić information content (AvgIpc) is 3.20. The Morgan fingerprint density at radius 1 is 1.37 bits per heavy atom. The van der Waals surface area contributed by atoms with Gasteiger partial charge in [-0.25, -0.2) is 4.98 Å². The second kappa shape index (κ2) is 5.66. The minimum Gasteiger partial charge on any atom is -0.328 e. The molecule has 1 aromatic carbocycles. The molecular weight excluding hydrogens is 300 g/mol. The van der Waals surface area contributed by atoms with Crippen molar-refractivity contribution >= 4 is 27.0 Å². The molecule has 1 fully saturated rings. The molecule has 0 aliphatic heterocycles. The van der Waals surface area contributed by atoms with Crippen molar-refractivity contribution in [2.45, 2.75) is 50.4 Å². The number of fused-ring (bicyclic) bond motifs is 1. The molecular formula is C16H21BrN2. The maximum absolute atomic E-state index is 4.79. The van der Waals surface area contributed by atoms with E-state index in [2.05, 4.69) is 51.7 Å². The van der Waals surface area contributed by atoms with Gasteiger partial charge >= 0.3 is 0 Å². The molecule has 0 amide bonds. The van der Waals surface area contributed by atoms with E-state index in [0.717, 1.165) is 29.2 Å². The molecule has 3 heteroatoms. The van der Waals surface area contributed by atoms with Crippen LogP contribution in [0.2, 0.25) is 0 Å². The molecule has 0 spiro atoms. The smallest absolute Gasteiger partial charge is 0.109 e. The van der Waals surface area contributed by atoms with E-state index in [1.165, 1.54) is 37.0 Å². The van der Waals surface area contributed by atoms with Gasteiger partial charge in [0, 0.05) is 17.8 Å². The zero-order valence-corrected chi connectivity index (χ0v) is 13.1. The van der Waals surface area contributed by atoms with E-state index in [1.54, 1.807) is 0 Å². The number of rotatable bonds is 6. The third-order valence-electron chi connectivity index (χ3n) is 4.06. The number of nitrogens with zero attached hydrogens (tertiary/aromatic N) is 2. The van der Waals surface area contributed by atoms with Crippen LogP contribution in [-0.4, -0.2) is 14.4 Å². The van der Waals surface area contributed by atoms with Crippen LogP contribution in [-0.2, 0) is 13.0 Å². The van der Waals surface area contributed by atoms with Gasteiger partial charge in [0.05, 0.1) is 11.0 Å². The number of halogens is 1. The highest BCUT2D eigenvalue weighted by molar-refractivity contribution is 9.09. The van der Waals surface area contributed by atoms with Gasteiger partial charge in [0.15, 0.2) is 0 Å². The summed E-state index contributed by atoms with van der Waals surface area (Å²) in [7, 11) is 0. The Morgan fingerprint density at radius 3 is 2.89 bits per heavy atom. The number of aryl methyl sites for hydroxylation is 2. The molecule has 2 aromatic rings. The van der Waals surface area contributed by atoms with Crippen molar-refractivity contribution in [2.75, 3.05) is 0 Å². The van der Waals surface area contributed by atoms with Crippen LogP contribution in [0.4, 0.5) is 0 Å². The van der Waals surface area contributed by atoms with Gasteiger partial charge in [0.1, 0.15) is 5.82 Å². The van der Waals surface area contributed by atoms with Crippen molar-refractivity contribution in [3.05, 3.63) is 30.1 Å². The number of hydrogen-bond donors (Lipinski definition) is 0. The standard InChI is InChI=1S/C16H21BrN2/c1-2-19-15-8-4-3-7-14(15)18-16(19)9-5-6-13(17)12-10-11-12/h3-4,7-8,12-13H,2,5-6,9-11H2,1H3. The lowest BCUT2D eigenvalue weighted by Crippen LogP contribution is -2.05. The highest BCUT2D eigenvalue weighted by Crippen LogP contribution is 2.38. The number of para-hydroxylation sites is 2. The maximum Gasteiger partial charge on any atom is 0.109 e. The molecule has 1 unspecified atom stereocenters. The van der Waals surface area contributed by atoms with Crippen LogP contribution in [0.5, 0.6) is 0 Å². The molecule has 1 atom stereocenters. The normalized spacial score (nSPS) is 16.9. The summed E-state index contributed by atoms with van der Waals surface area (Å²) < 4.78 is 2.36. The van der Waals surface area contributed by atoms with Gasteiger partial charge in [0.25, 0.3) is 0 Å². The fourth-order valence-electron chi connectivity index (χ4n) is 2.82. The molecule has 2 nitrogen and oxygen atoms in total. The number of aromatic nitrogens is 2. The van der Waals surface area contributed by atoms with E-state index in [-0.39, 0.29) is 0 Å². The molecule has 0 radical (unpaired) electrons. The Morgan fingerprint density at radius 2 is 2.16 bits per heavy atom. The summed E-state index contributed by atoms with van der Waals surface area (Å²) in [5.41, 5.74) is 2.41. The van der Waals surface area contributed by atoms with E-state index >= 15 is 0 Å². The van der Waals surface area contributed by atoms with Gasteiger partial charge in [-0.3, -0.25) is 0 Å². The molecule has 1 saturated carbocycles. The molecule has 102 valence electrons. The van der Waals surface area contributed by atoms with Crippen LogP contribution in [0.3, 0.4) is 0 Å². The molecule has 19 heavy (non-hydrogen) atoms. The number of alkyl halides is 1. The Balaban J connectivity index is 1.69. The van der Waals surface area contributed by atoms with Crippen LogP contribution >= 0.6 is 15.9 Å². The van der Waals surface area contributed by atoms with Gasteiger partial charge in [0.2, 0.25) is 0 Å². The summed E-state index contributed by atoms with van der Waals surface area (Å²) in [4.78, 5) is 5.52. The second-order valence-corrected chi connectivity index (χ2v) is 6.68. The van der Waals surface area contributed by atoms with Crippen molar-refractivity contribution in [1.82, 2.24) is 9.55 Å². The summed E-state index contributed by atoms with van der Waals surface area (Å²) in [6.45, 7) is 3.21. The molecule has 1 aliphatic carbocycles. The monoisotopic (exact) mass is 320 g/mol. The minimum atomic E-state index is 0.729. The molecule has 1 aromatic heterocycles. The Kier molecular flexibility index (Phi) is 3.92. The first kappa shape index (κ1) is 13.2. The quantitative estimate of drug-likeness (QED) is 0.714. The van der Waals surface area contributed by atoms with Gasteiger partial charge in [-0.15, -0.1) is 0 Å². The number of benzene rings is 1. The SMILES string of the molecule is CCn1c(CCCC(Br)C2CC2)nc2ccccc21. The fraction of sp³-hybridized carbons (Fsp3) is 0.562. The fourth-order valence-corrected chi connectivity index (χ4v) is 3.67. The first-order valence-electron chi connectivity index (χ1n) is 7.37. The van der Waals surface area contributed by atoms with E-state index < -0.39 is 0 Å². The number of imidazole rings is 1. The summed E-state index contributed by atoms with van der Waals surface area (Å²) in [6, 6.07) is 8.46. The average molecular weight is 321 g/mol. The van der Waals surface area contributed by atoms with Crippen LogP contribution in [0, 0.1) is 5.92 Å². The van der Waals surface area contributed by atoms with Crippen LogP contribution < -0.4 is 0 Å². The van der Waals surface area contributed by atoms with Crippen LogP contribution in [0.15, 0.2) is 24.3 Å². The lowest BCUT2D eigenvalue weighted by Gasteiger charge is -2.09. The lowest BCUT2D eigenvalue weighted by atomic mass is 10.1. The van der Waals surface area contributed by atoms with Crippen molar-refractivity contribution in [3.63, 3.8) is 0 Å². The third-order valence-corrected chi connectivity index (χ3v) is 5.27. The summed E-state index contributed by atoms with van der Waals surface area (Å²) in [5, 5.41) is 0. The van der Waals surface area contributed by atoms with Crippen molar-refractivity contribution < 1.29 is 0 Å². The first-order chi connectivity index (χ1) is 9.29. The van der Waals surface area contributed by atoms with E-state index in [0.29, 0.717) is 0 Å². The van der Waals surface area contributed by atoms with E-state index in [4.69, 9.17) is 4.98 Å². The van der Waals surface area contributed by atoms with Gasteiger partial charge in [-0.05, 0) is 50.7 Å². The summed E-state index contributed by atoms with van der Waals surface area (Å²) >= 11 is 3.82. The molecule has 0 N–H and O–H groups in total. The van der Waals surface area contributed by atoms with E-state index in [1.807, 2.05) is 0 Å². The van der Waals surface area contributed by atoms with Crippen molar-refractivity contribution in [3.8, 4) is 0 Å². The summed E-state index contributed by atoms with van der Waals surface area (Å²) in [6.07, 6.45) is 6.44. The Bertz CT molecular complexity index is 557. The van der Waals surface area contributed by atoms with Gasteiger partial charge in [-0.2, -0.15) is 0 Å². The predicted molar refractivity (Wildman–Crippen MR) is 83.8 cm³/mol.